The van der Waals surface area contributed by atoms with Crippen LogP contribution in [0.5, 0.6) is 0 Å². The van der Waals surface area contributed by atoms with Gasteiger partial charge in [0.25, 0.3) is 0 Å². The van der Waals surface area contributed by atoms with Crippen LogP contribution in [0.2, 0.25) is 0 Å². The van der Waals surface area contributed by atoms with Crippen molar-refractivity contribution in [3.05, 3.63) is 0 Å². The lowest BCUT2D eigenvalue weighted by molar-refractivity contribution is -0.143. The van der Waals surface area contributed by atoms with Gasteiger partial charge in [-0.25, -0.2) is 4.79 Å². The molecule has 0 spiro atoms. The summed E-state index contributed by atoms with van der Waals surface area (Å²) in [5.74, 6) is -0.346. The molecule has 1 saturated carbocycles. The van der Waals surface area contributed by atoms with Gasteiger partial charge in [-0.05, 0) is 25.7 Å². The Balaban J connectivity index is 2.32. The highest BCUT2D eigenvalue weighted by Gasteiger charge is 2.50. The van der Waals surface area contributed by atoms with Gasteiger partial charge in [0.05, 0.1) is 5.41 Å². The first-order valence-electron chi connectivity index (χ1n) is 6.73. The van der Waals surface area contributed by atoms with Gasteiger partial charge in [0.15, 0.2) is 0 Å². The van der Waals surface area contributed by atoms with Crippen LogP contribution < -0.4 is 10.6 Å². The van der Waals surface area contributed by atoms with Gasteiger partial charge in [-0.2, -0.15) is 0 Å². The maximum atomic E-state index is 11.7. The first-order chi connectivity index (χ1) is 8.45. The maximum Gasteiger partial charge on any atom is 0.315 e. The van der Waals surface area contributed by atoms with Gasteiger partial charge in [0, 0.05) is 12.6 Å². The summed E-state index contributed by atoms with van der Waals surface area (Å²) in [6.45, 7) is 6.42. The number of carboxylic acid groups (broad SMARTS) is 1. The summed E-state index contributed by atoms with van der Waals surface area (Å²) >= 11 is 0. The first-order valence-corrected chi connectivity index (χ1v) is 6.73. The first kappa shape index (κ1) is 14.8. The monoisotopic (exact) mass is 256 g/mol. The Kier molecular flexibility index (Phi) is 4.99. The lowest BCUT2D eigenvalue weighted by Gasteiger charge is -2.23. The Bertz CT molecular complexity index is 309. The van der Waals surface area contributed by atoms with Crippen LogP contribution >= 0.6 is 0 Å². The SMILES string of the molecule is CCC(CC)C(C)NC(=O)NCC1(C(=O)O)CC1. The lowest BCUT2D eigenvalue weighted by Crippen LogP contribution is -2.46. The van der Waals surface area contributed by atoms with Crippen molar-refractivity contribution in [2.24, 2.45) is 11.3 Å². The Morgan fingerprint density at radius 2 is 1.83 bits per heavy atom. The zero-order valence-corrected chi connectivity index (χ0v) is 11.5. The molecule has 1 fully saturated rings. The van der Waals surface area contributed by atoms with Gasteiger partial charge < -0.3 is 15.7 Å². The molecule has 1 unspecified atom stereocenters. The highest BCUT2D eigenvalue weighted by Crippen LogP contribution is 2.45. The molecule has 0 aromatic carbocycles. The molecule has 1 rings (SSSR count). The van der Waals surface area contributed by atoms with Crippen molar-refractivity contribution in [1.82, 2.24) is 10.6 Å². The molecule has 0 heterocycles. The van der Waals surface area contributed by atoms with E-state index in [0.29, 0.717) is 18.8 Å². The van der Waals surface area contributed by atoms with E-state index in [1.54, 1.807) is 0 Å². The number of hydrogen-bond acceptors (Lipinski definition) is 2. The molecule has 0 aromatic heterocycles. The van der Waals surface area contributed by atoms with Gasteiger partial charge in [0.1, 0.15) is 0 Å². The van der Waals surface area contributed by atoms with Crippen molar-refractivity contribution in [2.75, 3.05) is 6.54 Å². The summed E-state index contributed by atoms with van der Waals surface area (Å²) in [5.41, 5.74) is -0.699. The van der Waals surface area contributed by atoms with Gasteiger partial charge in [-0.3, -0.25) is 4.79 Å². The van der Waals surface area contributed by atoms with Gasteiger partial charge >= 0.3 is 12.0 Å². The largest absolute Gasteiger partial charge is 0.481 e. The third kappa shape index (κ3) is 3.62. The van der Waals surface area contributed by atoms with E-state index in [1.807, 2.05) is 6.92 Å². The van der Waals surface area contributed by atoms with E-state index < -0.39 is 11.4 Å². The van der Waals surface area contributed by atoms with Crippen molar-refractivity contribution in [3.8, 4) is 0 Å². The van der Waals surface area contributed by atoms with Crippen LogP contribution in [0.3, 0.4) is 0 Å². The van der Waals surface area contributed by atoms with Crippen LogP contribution in [-0.2, 0) is 4.79 Å². The van der Waals surface area contributed by atoms with Crippen LogP contribution in [0, 0.1) is 11.3 Å². The number of carbonyl (C=O) groups is 2. The van der Waals surface area contributed by atoms with Crippen LogP contribution in [0.15, 0.2) is 0 Å². The normalized spacial score (nSPS) is 18.2. The topological polar surface area (TPSA) is 78.4 Å². The van der Waals surface area contributed by atoms with Gasteiger partial charge in [-0.15, -0.1) is 0 Å². The van der Waals surface area contributed by atoms with E-state index >= 15 is 0 Å². The average molecular weight is 256 g/mol. The summed E-state index contributed by atoms with van der Waals surface area (Å²) in [7, 11) is 0. The van der Waals surface area contributed by atoms with E-state index in [2.05, 4.69) is 24.5 Å². The zero-order chi connectivity index (χ0) is 13.8. The number of rotatable bonds is 7. The molecule has 2 amide bonds. The van der Waals surface area contributed by atoms with Crippen molar-refractivity contribution < 1.29 is 14.7 Å². The number of amides is 2. The second kappa shape index (κ2) is 6.07. The number of nitrogens with one attached hydrogen (secondary N) is 2. The van der Waals surface area contributed by atoms with Crippen molar-refractivity contribution >= 4 is 12.0 Å². The third-order valence-electron chi connectivity index (χ3n) is 4.01. The molecule has 18 heavy (non-hydrogen) atoms. The van der Waals surface area contributed by atoms with Gasteiger partial charge in [-0.1, -0.05) is 26.7 Å². The summed E-state index contributed by atoms with van der Waals surface area (Å²) in [5, 5.41) is 14.5. The van der Waals surface area contributed by atoms with E-state index in [4.69, 9.17) is 5.11 Å². The van der Waals surface area contributed by atoms with Crippen molar-refractivity contribution in [2.45, 2.75) is 52.5 Å². The van der Waals surface area contributed by atoms with Crippen LogP contribution in [0.25, 0.3) is 0 Å². The lowest BCUT2D eigenvalue weighted by atomic mass is 9.96. The summed E-state index contributed by atoms with van der Waals surface area (Å²) in [4.78, 5) is 22.6. The molecule has 5 nitrogen and oxygen atoms in total. The number of urea groups is 1. The summed E-state index contributed by atoms with van der Waals surface area (Å²) in [6, 6.07) is -0.151. The number of aliphatic carboxylic acids is 1. The fourth-order valence-corrected chi connectivity index (χ4v) is 2.24. The van der Waals surface area contributed by atoms with Crippen LogP contribution in [0.4, 0.5) is 4.79 Å². The number of carbonyl (C=O) groups excluding carboxylic acids is 1. The number of carboxylic acids is 1. The molecule has 1 aliphatic carbocycles. The van der Waals surface area contributed by atoms with Crippen LogP contribution in [0.1, 0.15) is 46.5 Å². The molecule has 0 aromatic rings. The molecule has 104 valence electrons. The zero-order valence-electron chi connectivity index (χ0n) is 11.5. The molecular weight excluding hydrogens is 232 g/mol. The molecule has 0 aliphatic heterocycles. The predicted molar refractivity (Wildman–Crippen MR) is 69.4 cm³/mol. The molecule has 0 bridgehead atoms. The highest BCUT2D eigenvalue weighted by atomic mass is 16.4. The fraction of sp³-hybridized carbons (Fsp3) is 0.846. The quantitative estimate of drug-likeness (QED) is 0.651. The van der Waals surface area contributed by atoms with Gasteiger partial charge in [0.2, 0.25) is 0 Å². The Morgan fingerprint density at radius 3 is 2.22 bits per heavy atom. The van der Waals surface area contributed by atoms with Crippen molar-refractivity contribution in [3.63, 3.8) is 0 Å². The second-order valence-electron chi connectivity index (χ2n) is 5.28. The maximum absolute atomic E-state index is 11.7. The minimum atomic E-state index is -0.809. The second-order valence-corrected chi connectivity index (χ2v) is 5.28. The number of hydrogen-bond donors (Lipinski definition) is 3. The summed E-state index contributed by atoms with van der Waals surface area (Å²) < 4.78 is 0. The molecule has 1 atom stereocenters. The molecular formula is C13H24N2O3. The third-order valence-corrected chi connectivity index (χ3v) is 4.01. The average Bonchev–Trinajstić information content (AvgIpc) is 3.09. The summed E-state index contributed by atoms with van der Waals surface area (Å²) in [6.07, 6.45) is 3.36. The van der Waals surface area contributed by atoms with E-state index in [1.165, 1.54) is 0 Å². The molecule has 3 N–H and O–H groups in total. The molecule has 5 heteroatoms. The predicted octanol–water partition coefficient (Wildman–Crippen LogP) is 1.98. The Hall–Kier alpha value is -1.26. The van der Waals surface area contributed by atoms with E-state index in [9.17, 15) is 9.59 Å². The Morgan fingerprint density at radius 1 is 1.28 bits per heavy atom. The fourth-order valence-electron chi connectivity index (χ4n) is 2.24. The molecule has 0 saturated heterocycles. The molecule has 0 radical (unpaired) electrons. The highest BCUT2D eigenvalue weighted by molar-refractivity contribution is 5.80. The van der Waals surface area contributed by atoms with Crippen LogP contribution in [-0.4, -0.2) is 29.7 Å². The standard InChI is InChI=1S/C13H24N2O3/c1-4-10(5-2)9(3)15-12(18)14-8-13(6-7-13)11(16)17/h9-10H,4-8H2,1-3H3,(H,16,17)(H2,14,15,18). The molecule has 1 aliphatic rings. The minimum Gasteiger partial charge on any atom is -0.481 e. The Labute approximate surface area is 108 Å². The van der Waals surface area contributed by atoms with E-state index in [0.717, 1.165) is 12.8 Å². The van der Waals surface area contributed by atoms with E-state index in [-0.39, 0.29) is 18.6 Å². The van der Waals surface area contributed by atoms with Crippen molar-refractivity contribution in [1.29, 1.82) is 0 Å². The smallest absolute Gasteiger partial charge is 0.315 e. The minimum absolute atomic E-state index is 0.111.